The Morgan fingerprint density at radius 1 is 1.28 bits per heavy atom. The van der Waals surface area contributed by atoms with Crippen molar-refractivity contribution in [2.24, 2.45) is 0 Å². The number of carboxylic acids is 1. The summed E-state index contributed by atoms with van der Waals surface area (Å²) in [5, 5.41) is 10.0. The van der Waals surface area contributed by atoms with Gasteiger partial charge in [-0.25, -0.2) is 0 Å². The molecule has 0 bridgehead atoms. The van der Waals surface area contributed by atoms with Crippen molar-refractivity contribution in [3.8, 4) is 0 Å². The van der Waals surface area contributed by atoms with Crippen LogP contribution in [0.3, 0.4) is 0 Å². The monoisotopic (exact) mass is 262 g/mol. The van der Waals surface area contributed by atoms with Gasteiger partial charge in [0, 0.05) is 6.42 Å². The molecule has 0 radical (unpaired) electrons. The van der Waals surface area contributed by atoms with Crippen molar-refractivity contribution in [1.82, 2.24) is 0 Å². The van der Waals surface area contributed by atoms with E-state index in [4.69, 9.17) is 5.11 Å². The Morgan fingerprint density at radius 3 is 2.50 bits per heavy atom. The molecule has 0 aliphatic rings. The molecule has 0 fully saturated rings. The molecule has 1 aromatic rings. The standard InChI is InChI=1S/C15H22O2Si/c1-3-18(2,14-10-6-4-7-11-14)13-9-5-8-12-15(16)17/h3-4,6-7,10-11H,1,5,8-9,12-13H2,2H3,(H,16,17). The average molecular weight is 262 g/mol. The number of unbranched alkanes of at least 4 members (excludes halogenated alkanes) is 2. The van der Waals surface area contributed by atoms with E-state index in [0.717, 1.165) is 25.3 Å². The lowest BCUT2D eigenvalue weighted by atomic mass is 10.2. The van der Waals surface area contributed by atoms with Gasteiger partial charge in [0.25, 0.3) is 0 Å². The molecule has 0 aliphatic carbocycles. The van der Waals surface area contributed by atoms with Gasteiger partial charge in [0.05, 0.1) is 0 Å². The van der Waals surface area contributed by atoms with Crippen molar-refractivity contribution in [2.45, 2.75) is 38.3 Å². The molecule has 0 heterocycles. The zero-order chi connectivity index (χ0) is 13.4. The normalized spacial score (nSPS) is 13.8. The molecule has 2 nitrogen and oxygen atoms in total. The summed E-state index contributed by atoms with van der Waals surface area (Å²) in [4.78, 5) is 10.4. The second-order valence-corrected chi connectivity index (χ2v) is 9.26. The second kappa shape index (κ2) is 7.16. The third kappa shape index (κ3) is 4.49. The quantitative estimate of drug-likeness (QED) is 0.576. The van der Waals surface area contributed by atoms with Crippen LogP contribution in [0.25, 0.3) is 0 Å². The van der Waals surface area contributed by atoms with Crippen LogP contribution in [0.1, 0.15) is 25.7 Å². The first kappa shape index (κ1) is 14.7. The number of hydrogen-bond acceptors (Lipinski definition) is 1. The van der Waals surface area contributed by atoms with Crippen molar-refractivity contribution < 1.29 is 9.90 Å². The fourth-order valence-electron chi connectivity index (χ4n) is 2.13. The summed E-state index contributed by atoms with van der Waals surface area (Å²) in [7, 11) is -1.56. The molecule has 0 aromatic heterocycles. The molecule has 18 heavy (non-hydrogen) atoms. The van der Waals surface area contributed by atoms with Crippen molar-refractivity contribution >= 4 is 19.2 Å². The highest BCUT2D eigenvalue weighted by molar-refractivity contribution is 6.94. The lowest BCUT2D eigenvalue weighted by Crippen LogP contribution is -2.42. The maximum atomic E-state index is 10.4. The molecular weight excluding hydrogens is 240 g/mol. The van der Waals surface area contributed by atoms with E-state index in [-0.39, 0.29) is 6.42 Å². The summed E-state index contributed by atoms with van der Waals surface area (Å²) in [6.07, 6.45) is 3.16. The van der Waals surface area contributed by atoms with Crippen LogP contribution in [0, 0.1) is 0 Å². The van der Waals surface area contributed by atoms with Crippen LogP contribution < -0.4 is 5.19 Å². The highest BCUT2D eigenvalue weighted by Gasteiger charge is 2.24. The molecule has 1 rings (SSSR count). The van der Waals surface area contributed by atoms with Crippen LogP contribution >= 0.6 is 0 Å². The minimum Gasteiger partial charge on any atom is -0.481 e. The van der Waals surface area contributed by atoms with Crippen LogP contribution in [0.15, 0.2) is 42.6 Å². The fourth-order valence-corrected chi connectivity index (χ4v) is 4.80. The van der Waals surface area contributed by atoms with Gasteiger partial charge >= 0.3 is 5.97 Å². The first-order valence-electron chi connectivity index (χ1n) is 6.49. The van der Waals surface area contributed by atoms with Crippen LogP contribution in [0.2, 0.25) is 12.6 Å². The van der Waals surface area contributed by atoms with E-state index in [1.807, 2.05) is 6.07 Å². The van der Waals surface area contributed by atoms with Gasteiger partial charge in [-0.1, -0.05) is 66.7 Å². The molecule has 0 spiro atoms. The van der Waals surface area contributed by atoms with Crippen molar-refractivity contribution in [2.75, 3.05) is 0 Å². The number of rotatable bonds is 8. The first-order valence-corrected chi connectivity index (χ1v) is 9.28. The van der Waals surface area contributed by atoms with E-state index in [1.165, 1.54) is 5.19 Å². The van der Waals surface area contributed by atoms with E-state index in [1.54, 1.807) is 0 Å². The van der Waals surface area contributed by atoms with Gasteiger partial charge in [0.2, 0.25) is 0 Å². The third-order valence-corrected chi connectivity index (χ3v) is 7.42. The maximum absolute atomic E-state index is 10.4. The van der Waals surface area contributed by atoms with Gasteiger partial charge in [-0.15, -0.1) is 6.58 Å². The molecule has 3 heteroatoms. The summed E-state index contributed by atoms with van der Waals surface area (Å²) in [6.45, 7) is 6.33. The van der Waals surface area contributed by atoms with E-state index in [0.29, 0.717) is 0 Å². The zero-order valence-corrected chi connectivity index (χ0v) is 12.1. The van der Waals surface area contributed by atoms with Crippen LogP contribution in [-0.2, 0) is 4.79 Å². The highest BCUT2D eigenvalue weighted by Crippen LogP contribution is 2.16. The van der Waals surface area contributed by atoms with Crippen molar-refractivity contribution in [1.29, 1.82) is 0 Å². The molecule has 1 aromatic carbocycles. The lowest BCUT2D eigenvalue weighted by Gasteiger charge is -2.23. The Hall–Kier alpha value is -1.35. The predicted molar refractivity (Wildman–Crippen MR) is 78.8 cm³/mol. The summed E-state index contributed by atoms with van der Waals surface area (Å²) in [5.74, 6) is -0.693. The fraction of sp³-hybridized carbons (Fsp3) is 0.400. The number of carbonyl (C=O) groups is 1. The number of carboxylic acid groups (broad SMARTS) is 1. The van der Waals surface area contributed by atoms with Gasteiger partial charge in [-0.2, -0.15) is 0 Å². The van der Waals surface area contributed by atoms with Crippen molar-refractivity contribution in [3.63, 3.8) is 0 Å². The highest BCUT2D eigenvalue weighted by atomic mass is 28.3. The molecule has 0 aliphatic heterocycles. The first-order chi connectivity index (χ1) is 8.58. The van der Waals surface area contributed by atoms with E-state index >= 15 is 0 Å². The summed E-state index contributed by atoms with van der Waals surface area (Å²) in [5.41, 5.74) is 2.14. The Balaban J connectivity index is 2.46. The van der Waals surface area contributed by atoms with E-state index in [2.05, 4.69) is 43.1 Å². The maximum Gasteiger partial charge on any atom is 0.303 e. The Kier molecular flexibility index (Phi) is 5.85. The van der Waals surface area contributed by atoms with Gasteiger partial charge in [0.1, 0.15) is 8.07 Å². The largest absolute Gasteiger partial charge is 0.481 e. The average Bonchev–Trinajstić information content (AvgIpc) is 2.38. The minimum absolute atomic E-state index is 0.289. The molecule has 1 atom stereocenters. The van der Waals surface area contributed by atoms with Gasteiger partial charge in [-0.05, 0) is 6.42 Å². The minimum atomic E-state index is -1.56. The molecular formula is C15H22O2Si. The van der Waals surface area contributed by atoms with Gasteiger partial charge in [-0.3, -0.25) is 4.79 Å². The smallest absolute Gasteiger partial charge is 0.303 e. The van der Waals surface area contributed by atoms with E-state index in [9.17, 15) is 4.79 Å². The van der Waals surface area contributed by atoms with Gasteiger partial charge in [0.15, 0.2) is 0 Å². The predicted octanol–water partition coefficient (Wildman–Crippen LogP) is 3.34. The SMILES string of the molecule is C=C[Si](C)(CCCCCC(=O)O)c1ccccc1. The number of hydrogen-bond donors (Lipinski definition) is 1. The molecule has 0 saturated heterocycles. The summed E-state index contributed by atoms with van der Waals surface area (Å²) >= 11 is 0. The zero-order valence-electron chi connectivity index (χ0n) is 11.1. The lowest BCUT2D eigenvalue weighted by molar-refractivity contribution is -0.137. The molecule has 0 amide bonds. The molecule has 0 saturated carbocycles. The summed E-state index contributed by atoms with van der Waals surface area (Å²) in [6, 6.07) is 11.7. The number of benzene rings is 1. The van der Waals surface area contributed by atoms with Crippen LogP contribution in [0.5, 0.6) is 0 Å². The second-order valence-electron chi connectivity index (χ2n) is 4.94. The topological polar surface area (TPSA) is 37.3 Å². The molecule has 1 unspecified atom stereocenters. The van der Waals surface area contributed by atoms with Crippen molar-refractivity contribution in [3.05, 3.63) is 42.6 Å². The van der Waals surface area contributed by atoms with Crippen LogP contribution in [-0.4, -0.2) is 19.1 Å². The van der Waals surface area contributed by atoms with E-state index < -0.39 is 14.0 Å². The molecule has 98 valence electrons. The Bertz CT molecular complexity index is 389. The Labute approximate surface area is 110 Å². The molecule has 1 N–H and O–H groups in total. The Morgan fingerprint density at radius 2 is 1.94 bits per heavy atom. The number of aliphatic carboxylic acids is 1. The third-order valence-electron chi connectivity index (χ3n) is 3.47. The van der Waals surface area contributed by atoms with Crippen LogP contribution in [0.4, 0.5) is 0 Å². The summed E-state index contributed by atoms with van der Waals surface area (Å²) < 4.78 is 0. The van der Waals surface area contributed by atoms with Gasteiger partial charge < -0.3 is 5.11 Å².